The van der Waals surface area contributed by atoms with E-state index in [1.165, 1.54) is 11.0 Å². The molecule has 2 rings (SSSR count). The van der Waals surface area contributed by atoms with Gasteiger partial charge in [0.25, 0.3) is 5.91 Å². The molecule has 0 saturated carbocycles. The second-order valence-electron chi connectivity index (χ2n) is 4.18. The molecule has 1 saturated heterocycles. The van der Waals surface area contributed by atoms with Gasteiger partial charge in [0.2, 0.25) is 0 Å². The van der Waals surface area contributed by atoms with Crippen molar-refractivity contribution >= 4 is 17.6 Å². The monoisotopic (exact) mass is 268 g/mol. The van der Waals surface area contributed by atoms with Gasteiger partial charge >= 0.3 is 5.97 Å². The lowest BCUT2D eigenvalue weighted by molar-refractivity contribution is -0.154. The molecule has 19 heavy (non-hydrogen) atoms. The van der Waals surface area contributed by atoms with Crippen molar-refractivity contribution in [3.63, 3.8) is 0 Å². The molecule has 1 unspecified atom stereocenters. The Kier molecular flexibility index (Phi) is 3.66. The van der Waals surface area contributed by atoms with Crippen LogP contribution in [0.1, 0.15) is 10.4 Å². The van der Waals surface area contributed by atoms with Gasteiger partial charge in [-0.2, -0.15) is 0 Å². The maximum absolute atomic E-state index is 13.1. The molecule has 1 amide bonds. The number of carboxylic acid groups (broad SMARTS) is 1. The summed E-state index contributed by atoms with van der Waals surface area (Å²) in [4.78, 5) is 24.3. The first-order chi connectivity index (χ1) is 8.99. The summed E-state index contributed by atoms with van der Waals surface area (Å²) in [6.07, 6.45) is -1.06. The zero-order chi connectivity index (χ0) is 14.0. The van der Waals surface area contributed by atoms with Gasteiger partial charge in [-0.05, 0) is 18.2 Å². The van der Waals surface area contributed by atoms with Crippen LogP contribution in [0.15, 0.2) is 18.2 Å². The van der Waals surface area contributed by atoms with Gasteiger partial charge in [0.05, 0.1) is 18.7 Å². The summed E-state index contributed by atoms with van der Waals surface area (Å²) in [7, 11) is 0. The van der Waals surface area contributed by atoms with E-state index in [1.54, 1.807) is 0 Å². The number of ether oxygens (including phenoxy) is 1. The topological polar surface area (TPSA) is 92.9 Å². The summed E-state index contributed by atoms with van der Waals surface area (Å²) >= 11 is 0. The number of halogens is 1. The number of carbonyl (C=O) groups excluding carboxylic acids is 1. The zero-order valence-corrected chi connectivity index (χ0v) is 10.0. The molecule has 1 aliphatic rings. The van der Waals surface area contributed by atoms with Crippen LogP contribution in [0.2, 0.25) is 0 Å². The lowest BCUT2D eigenvalue weighted by Crippen LogP contribution is -2.48. The third-order valence-electron chi connectivity index (χ3n) is 2.87. The molecule has 102 valence electrons. The number of hydrogen-bond acceptors (Lipinski definition) is 4. The van der Waals surface area contributed by atoms with Crippen molar-refractivity contribution < 1.29 is 23.8 Å². The van der Waals surface area contributed by atoms with E-state index in [0.29, 0.717) is 0 Å². The smallest absolute Gasteiger partial charge is 0.334 e. The van der Waals surface area contributed by atoms with E-state index in [1.807, 2.05) is 0 Å². The van der Waals surface area contributed by atoms with Crippen LogP contribution < -0.4 is 5.73 Å². The third-order valence-corrected chi connectivity index (χ3v) is 2.87. The summed E-state index contributed by atoms with van der Waals surface area (Å²) in [5.41, 5.74) is 5.82. The zero-order valence-electron chi connectivity index (χ0n) is 10.0. The molecule has 0 radical (unpaired) electrons. The van der Waals surface area contributed by atoms with Gasteiger partial charge in [0.1, 0.15) is 5.82 Å². The van der Waals surface area contributed by atoms with Crippen LogP contribution in [0.3, 0.4) is 0 Å². The predicted octanol–water partition coefficient (Wildman–Crippen LogP) is 0.333. The van der Waals surface area contributed by atoms with Gasteiger partial charge in [-0.15, -0.1) is 0 Å². The molecule has 0 bridgehead atoms. The van der Waals surface area contributed by atoms with Crippen LogP contribution in [0.4, 0.5) is 10.1 Å². The minimum absolute atomic E-state index is 0.0334. The average Bonchev–Trinajstić information content (AvgIpc) is 2.41. The largest absolute Gasteiger partial charge is 0.479 e. The summed E-state index contributed by atoms with van der Waals surface area (Å²) in [5, 5.41) is 8.86. The lowest BCUT2D eigenvalue weighted by atomic mass is 10.1. The Balaban J connectivity index is 2.19. The van der Waals surface area contributed by atoms with E-state index in [-0.39, 0.29) is 30.9 Å². The number of hydrogen-bond donors (Lipinski definition) is 2. The number of nitrogens with two attached hydrogens (primary N) is 1. The highest BCUT2D eigenvalue weighted by Crippen LogP contribution is 2.17. The minimum Gasteiger partial charge on any atom is -0.479 e. The molecule has 1 fully saturated rings. The molecule has 1 aliphatic heterocycles. The van der Waals surface area contributed by atoms with Gasteiger partial charge in [-0.25, -0.2) is 9.18 Å². The molecule has 0 aromatic heterocycles. The Morgan fingerprint density at radius 3 is 2.89 bits per heavy atom. The Labute approximate surface area is 108 Å². The van der Waals surface area contributed by atoms with Crippen molar-refractivity contribution in [2.75, 3.05) is 25.4 Å². The summed E-state index contributed by atoms with van der Waals surface area (Å²) < 4.78 is 18.1. The van der Waals surface area contributed by atoms with Crippen LogP contribution in [0, 0.1) is 5.82 Å². The first kappa shape index (κ1) is 13.3. The molecule has 0 spiro atoms. The number of amides is 1. The fraction of sp³-hybridized carbons (Fsp3) is 0.333. The molecule has 7 heteroatoms. The van der Waals surface area contributed by atoms with E-state index in [2.05, 4.69) is 0 Å². The first-order valence-corrected chi connectivity index (χ1v) is 5.67. The number of carbonyl (C=O) groups is 2. The lowest BCUT2D eigenvalue weighted by Gasteiger charge is -2.31. The second kappa shape index (κ2) is 5.23. The number of nitrogens with zero attached hydrogens (tertiary/aromatic N) is 1. The van der Waals surface area contributed by atoms with E-state index < -0.39 is 23.8 Å². The van der Waals surface area contributed by atoms with Crippen molar-refractivity contribution in [3.8, 4) is 0 Å². The van der Waals surface area contributed by atoms with Crippen molar-refractivity contribution in [2.45, 2.75) is 6.10 Å². The molecule has 3 N–H and O–H groups in total. The molecule has 1 aromatic rings. The quantitative estimate of drug-likeness (QED) is 0.754. The maximum Gasteiger partial charge on any atom is 0.334 e. The molecular weight excluding hydrogens is 255 g/mol. The summed E-state index contributed by atoms with van der Waals surface area (Å²) in [5.74, 6) is -2.20. The van der Waals surface area contributed by atoms with Crippen molar-refractivity contribution in [3.05, 3.63) is 29.6 Å². The number of aliphatic carboxylic acids is 1. The maximum atomic E-state index is 13.1. The van der Waals surface area contributed by atoms with Crippen molar-refractivity contribution in [2.24, 2.45) is 0 Å². The molecular formula is C12H13FN2O4. The number of morpholine rings is 1. The van der Waals surface area contributed by atoms with E-state index in [0.717, 1.165) is 12.1 Å². The number of anilines is 1. The van der Waals surface area contributed by atoms with Crippen LogP contribution in [0.5, 0.6) is 0 Å². The van der Waals surface area contributed by atoms with E-state index >= 15 is 0 Å². The predicted molar refractivity (Wildman–Crippen MR) is 64.1 cm³/mol. The highest BCUT2D eigenvalue weighted by molar-refractivity contribution is 5.99. The number of rotatable bonds is 2. The number of nitrogen functional groups attached to an aromatic ring is 1. The van der Waals surface area contributed by atoms with Crippen LogP contribution in [0.25, 0.3) is 0 Å². The fourth-order valence-electron chi connectivity index (χ4n) is 1.87. The first-order valence-electron chi connectivity index (χ1n) is 5.67. The van der Waals surface area contributed by atoms with Crippen molar-refractivity contribution in [1.82, 2.24) is 4.90 Å². The highest BCUT2D eigenvalue weighted by Gasteiger charge is 2.30. The van der Waals surface area contributed by atoms with Gasteiger partial charge in [0, 0.05) is 12.2 Å². The summed E-state index contributed by atoms with van der Waals surface area (Å²) in [6.45, 7) is 0.292. The fourth-order valence-corrected chi connectivity index (χ4v) is 1.87. The van der Waals surface area contributed by atoms with Crippen LogP contribution >= 0.6 is 0 Å². The Bertz CT molecular complexity index is 520. The average molecular weight is 268 g/mol. The Hall–Kier alpha value is -2.15. The van der Waals surface area contributed by atoms with Gasteiger partial charge < -0.3 is 20.5 Å². The number of carboxylic acids is 1. The molecule has 1 aromatic carbocycles. The summed E-state index contributed by atoms with van der Waals surface area (Å²) in [6, 6.07) is 3.51. The Morgan fingerprint density at radius 2 is 2.21 bits per heavy atom. The van der Waals surface area contributed by atoms with Gasteiger partial charge in [-0.1, -0.05) is 0 Å². The van der Waals surface area contributed by atoms with Gasteiger partial charge in [-0.3, -0.25) is 4.79 Å². The van der Waals surface area contributed by atoms with E-state index in [4.69, 9.17) is 15.6 Å². The Morgan fingerprint density at radius 1 is 1.47 bits per heavy atom. The van der Waals surface area contributed by atoms with E-state index in [9.17, 15) is 14.0 Å². The highest BCUT2D eigenvalue weighted by atomic mass is 19.1. The second-order valence-corrected chi connectivity index (χ2v) is 4.18. The standard InChI is InChI=1S/C12H13FN2O4/c13-7-1-2-9(14)8(5-7)11(16)15-3-4-19-10(6-15)12(17)18/h1-2,5,10H,3-4,6,14H2,(H,17,18). The normalized spacial score (nSPS) is 19.2. The number of benzene rings is 1. The molecule has 1 heterocycles. The van der Waals surface area contributed by atoms with Crippen molar-refractivity contribution in [1.29, 1.82) is 0 Å². The molecule has 6 nitrogen and oxygen atoms in total. The van der Waals surface area contributed by atoms with Gasteiger partial charge in [0.15, 0.2) is 6.10 Å². The molecule has 0 aliphatic carbocycles. The molecule has 1 atom stereocenters. The SMILES string of the molecule is Nc1ccc(F)cc1C(=O)N1CCOC(C(=O)O)C1. The third kappa shape index (κ3) is 2.82. The van der Waals surface area contributed by atoms with Crippen LogP contribution in [-0.4, -0.2) is 47.7 Å². The van der Waals surface area contributed by atoms with Crippen LogP contribution in [-0.2, 0) is 9.53 Å². The minimum atomic E-state index is -1.13.